The molecular weight excluding hydrogens is 235 g/mol. The number of nitrogens with zero attached hydrogens (tertiary/aromatic N) is 1. The van der Waals surface area contributed by atoms with E-state index in [0.29, 0.717) is 16.9 Å². The summed E-state index contributed by atoms with van der Waals surface area (Å²) in [7, 11) is 1.20. The first-order valence-electron chi connectivity index (χ1n) is 5.22. The molecule has 2 N–H and O–H groups in total. The molecule has 0 spiro atoms. The number of ether oxygens (including phenoxy) is 1. The van der Waals surface area contributed by atoms with Gasteiger partial charge in [-0.1, -0.05) is 6.07 Å². The summed E-state index contributed by atoms with van der Waals surface area (Å²) in [6, 6.07) is 7.64. The summed E-state index contributed by atoms with van der Waals surface area (Å²) in [6.45, 7) is 0. The number of aromatic nitrogens is 1. The van der Waals surface area contributed by atoms with Crippen molar-refractivity contribution in [1.82, 2.24) is 4.98 Å². The lowest BCUT2D eigenvalue weighted by atomic mass is 10.0. The number of anilines is 1. The zero-order valence-corrected chi connectivity index (χ0v) is 9.68. The third-order valence-electron chi connectivity index (χ3n) is 2.52. The molecule has 4 nitrogen and oxygen atoms in total. The summed E-state index contributed by atoms with van der Waals surface area (Å²) >= 11 is 0. The fourth-order valence-electron chi connectivity index (χ4n) is 1.62. The van der Waals surface area contributed by atoms with Gasteiger partial charge in [-0.25, -0.2) is 14.2 Å². The van der Waals surface area contributed by atoms with E-state index in [1.54, 1.807) is 24.4 Å². The number of carbonyl (C=O) groups excluding carboxylic acids is 1. The quantitative estimate of drug-likeness (QED) is 0.825. The Morgan fingerprint density at radius 1 is 1.39 bits per heavy atom. The number of rotatable bonds is 2. The maximum atomic E-state index is 13.7. The summed E-state index contributed by atoms with van der Waals surface area (Å²) in [5, 5.41) is 0. The predicted molar refractivity (Wildman–Crippen MR) is 65.4 cm³/mol. The third-order valence-corrected chi connectivity index (χ3v) is 2.52. The minimum Gasteiger partial charge on any atom is -0.465 e. The highest BCUT2D eigenvalue weighted by Crippen LogP contribution is 2.25. The average molecular weight is 246 g/mol. The minimum atomic E-state index is -0.710. The summed E-state index contributed by atoms with van der Waals surface area (Å²) in [5.74, 6) is -1.05. The van der Waals surface area contributed by atoms with Crippen LogP contribution in [0.15, 0.2) is 36.5 Å². The Balaban J connectivity index is 2.47. The Morgan fingerprint density at radius 3 is 2.78 bits per heavy atom. The van der Waals surface area contributed by atoms with Gasteiger partial charge in [0.2, 0.25) is 0 Å². The molecule has 0 atom stereocenters. The minimum absolute atomic E-state index is 0.108. The first-order chi connectivity index (χ1) is 8.63. The Morgan fingerprint density at radius 2 is 2.17 bits per heavy atom. The van der Waals surface area contributed by atoms with E-state index in [-0.39, 0.29) is 5.56 Å². The van der Waals surface area contributed by atoms with Crippen LogP contribution in [0.1, 0.15) is 10.4 Å². The SMILES string of the molecule is COC(=O)c1ccc(-c2cccnc2N)cc1F. The lowest BCUT2D eigenvalue weighted by Crippen LogP contribution is -2.04. The van der Waals surface area contributed by atoms with Crippen LogP contribution in [0.2, 0.25) is 0 Å². The average Bonchev–Trinajstić information content (AvgIpc) is 2.38. The van der Waals surface area contributed by atoms with Gasteiger partial charge in [0, 0.05) is 11.8 Å². The van der Waals surface area contributed by atoms with Crippen LogP contribution in [0, 0.1) is 5.82 Å². The molecule has 0 aliphatic heterocycles. The Labute approximate surface area is 103 Å². The van der Waals surface area contributed by atoms with E-state index in [1.807, 2.05) is 0 Å². The number of halogens is 1. The molecule has 0 radical (unpaired) electrons. The monoisotopic (exact) mass is 246 g/mol. The smallest absolute Gasteiger partial charge is 0.340 e. The van der Waals surface area contributed by atoms with Crippen molar-refractivity contribution in [3.63, 3.8) is 0 Å². The molecule has 0 fully saturated rings. The molecule has 18 heavy (non-hydrogen) atoms. The first-order valence-corrected chi connectivity index (χ1v) is 5.22. The summed E-state index contributed by atoms with van der Waals surface area (Å²) < 4.78 is 18.2. The van der Waals surface area contributed by atoms with Crippen LogP contribution in [0.3, 0.4) is 0 Å². The lowest BCUT2D eigenvalue weighted by Gasteiger charge is -2.06. The van der Waals surface area contributed by atoms with Crippen LogP contribution < -0.4 is 5.73 Å². The Kier molecular flexibility index (Phi) is 3.23. The van der Waals surface area contributed by atoms with Crippen molar-refractivity contribution in [2.24, 2.45) is 0 Å². The molecule has 2 aromatic rings. The second-order valence-corrected chi connectivity index (χ2v) is 3.62. The van der Waals surface area contributed by atoms with E-state index in [0.717, 1.165) is 0 Å². The van der Waals surface area contributed by atoms with E-state index in [9.17, 15) is 9.18 Å². The number of pyridine rings is 1. The van der Waals surface area contributed by atoms with Gasteiger partial charge in [-0.15, -0.1) is 0 Å². The van der Waals surface area contributed by atoms with Crippen LogP contribution in [0.25, 0.3) is 11.1 Å². The number of carbonyl (C=O) groups is 1. The number of benzene rings is 1. The molecule has 0 aliphatic rings. The predicted octanol–water partition coefficient (Wildman–Crippen LogP) is 2.26. The van der Waals surface area contributed by atoms with Crippen molar-refractivity contribution >= 4 is 11.8 Å². The molecule has 0 saturated heterocycles. The van der Waals surface area contributed by atoms with E-state index >= 15 is 0 Å². The first kappa shape index (κ1) is 12.0. The van der Waals surface area contributed by atoms with Gasteiger partial charge in [0.15, 0.2) is 0 Å². The van der Waals surface area contributed by atoms with Crippen molar-refractivity contribution in [3.05, 3.63) is 47.9 Å². The number of methoxy groups -OCH3 is 1. The van der Waals surface area contributed by atoms with E-state index in [2.05, 4.69) is 9.72 Å². The zero-order valence-electron chi connectivity index (χ0n) is 9.68. The van der Waals surface area contributed by atoms with Crippen LogP contribution in [-0.2, 0) is 4.74 Å². The van der Waals surface area contributed by atoms with Crippen molar-refractivity contribution in [2.45, 2.75) is 0 Å². The molecule has 1 aromatic heterocycles. The number of hydrogen-bond acceptors (Lipinski definition) is 4. The number of nitrogens with two attached hydrogens (primary N) is 1. The summed E-state index contributed by atoms with van der Waals surface area (Å²) in [4.78, 5) is 15.2. The van der Waals surface area contributed by atoms with Crippen molar-refractivity contribution in [2.75, 3.05) is 12.8 Å². The molecule has 1 heterocycles. The van der Waals surface area contributed by atoms with Gasteiger partial charge in [-0.05, 0) is 29.8 Å². The molecule has 0 amide bonds. The molecular formula is C13H11FN2O2. The molecule has 2 rings (SSSR count). The van der Waals surface area contributed by atoms with Crippen molar-refractivity contribution < 1.29 is 13.9 Å². The van der Waals surface area contributed by atoms with Gasteiger partial charge >= 0.3 is 5.97 Å². The maximum absolute atomic E-state index is 13.7. The molecule has 0 saturated carbocycles. The topological polar surface area (TPSA) is 65.2 Å². The number of hydrogen-bond donors (Lipinski definition) is 1. The van der Waals surface area contributed by atoms with E-state index in [1.165, 1.54) is 19.2 Å². The van der Waals surface area contributed by atoms with E-state index < -0.39 is 11.8 Å². The van der Waals surface area contributed by atoms with Gasteiger partial charge in [0.25, 0.3) is 0 Å². The van der Waals surface area contributed by atoms with Crippen LogP contribution >= 0.6 is 0 Å². The maximum Gasteiger partial charge on any atom is 0.340 e. The van der Waals surface area contributed by atoms with Crippen LogP contribution in [0.5, 0.6) is 0 Å². The second kappa shape index (κ2) is 4.83. The normalized spacial score (nSPS) is 10.1. The fraction of sp³-hybridized carbons (Fsp3) is 0.0769. The zero-order chi connectivity index (χ0) is 13.1. The fourth-order valence-corrected chi connectivity index (χ4v) is 1.62. The van der Waals surface area contributed by atoms with Gasteiger partial charge in [-0.2, -0.15) is 0 Å². The Bertz CT molecular complexity index is 599. The van der Waals surface area contributed by atoms with Crippen LogP contribution in [-0.4, -0.2) is 18.1 Å². The van der Waals surface area contributed by atoms with Crippen molar-refractivity contribution in [1.29, 1.82) is 0 Å². The molecule has 5 heteroatoms. The Hall–Kier alpha value is -2.43. The molecule has 0 bridgehead atoms. The van der Waals surface area contributed by atoms with Gasteiger partial charge in [-0.3, -0.25) is 0 Å². The van der Waals surface area contributed by atoms with Gasteiger partial charge < -0.3 is 10.5 Å². The molecule has 0 aliphatic carbocycles. The molecule has 0 unspecified atom stereocenters. The van der Waals surface area contributed by atoms with E-state index in [4.69, 9.17) is 5.73 Å². The standard InChI is InChI=1S/C13H11FN2O2/c1-18-13(17)10-5-4-8(7-11(10)14)9-3-2-6-16-12(9)15/h2-7H,1H3,(H2,15,16). The van der Waals surface area contributed by atoms with Crippen LogP contribution in [0.4, 0.5) is 10.2 Å². The molecule has 92 valence electrons. The summed E-state index contributed by atoms with van der Waals surface area (Å²) in [5.41, 5.74) is 6.77. The largest absolute Gasteiger partial charge is 0.465 e. The lowest BCUT2D eigenvalue weighted by molar-refractivity contribution is 0.0595. The van der Waals surface area contributed by atoms with Gasteiger partial charge in [0.1, 0.15) is 11.6 Å². The highest BCUT2D eigenvalue weighted by Gasteiger charge is 2.13. The van der Waals surface area contributed by atoms with Crippen molar-refractivity contribution in [3.8, 4) is 11.1 Å². The second-order valence-electron chi connectivity index (χ2n) is 3.62. The summed E-state index contributed by atoms with van der Waals surface area (Å²) in [6.07, 6.45) is 1.55. The third kappa shape index (κ3) is 2.15. The number of nitrogen functional groups attached to an aromatic ring is 1. The van der Waals surface area contributed by atoms with Gasteiger partial charge in [0.05, 0.1) is 12.7 Å². The highest BCUT2D eigenvalue weighted by molar-refractivity contribution is 5.90. The highest BCUT2D eigenvalue weighted by atomic mass is 19.1. The number of esters is 1. The molecule has 1 aromatic carbocycles.